The van der Waals surface area contributed by atoms with Crippen molar-refractivity contribution >= 4 is 0 Å². The molecule has 0 bridgehead atoms. The molecule has 0 aliphatic rings. The van der Waals surface area contributed by atoms with Crippen molar-refractivity contribution in [2.45, 2.75) is 46.2 Å². The van der Waals surface area contributed by atoms with Gasteiger partial charge in [0.2, 0.25) is 0 Å². The Bertz CT molecular complexity index is 490. The Kier molecular flexibility index (Phi) is 4.74. The van der Waals surface area contributed by atoms with Gasteiger partial charge in [0.25, 0.3) is 0 Å². The van der Waals surface area contributed by atoms with Crippen LogP contribution in [0.2, 0.25) is 0 Å². The third-order valence-electron chi connectivity index (χ3n) is 3.17. The molecule has 2 heterocycles. The molecule has 2 aromatic heterocycles. The maximum atomic E-state index is 5.37. The summed E-state index contributed by atoms with van der Waals surface area (Å²) < 4.78 is 7.37. The van der Waals surface area contributed by atoms with Crippen molar-refractivity contribution in [3.05, 3.63) is 35.8 Å². The Hall–Kier alpha value is -1.62. The van der Waals surface area contributed by atoms with Crippen LogP contribution in [0.1, 0.15) is 44.2 Å². The lowest BCUT2D eigenvalue weighted by atomic mass is 10.2. The molecule has 2 rings (SSSR count). The monoisotopic (exact) mass is 262 g/mol. The van der Waals surface area contributed by atoms with E-state index in [-0.39, 0.29) is 6.04 Å². The van der Waals surface area contributed by atoms with Gasteiger partial charge in [-0.2, -0.15) is 5.10 Å². The largest absolute Gasteiger partial charge is 0.468 e. The smallest absolute Gasteiger partial charge is 0.150 e. The van der Waals surface area contributed by atoms with Gasteiger partial charge in [0.15, 0.2) is 5.82 Å². The first-order chi connectivity index (χ1) is 9.24. The Labute approximate surface area is 114 Å². The summed E-state index contributed by atoms with van der Waals surface area (Å²) in [4.78, 5) is 4.50. The van der Waals surface area contributed by atoms with Crippen molar-refractivity contribution in [2.24, 2.45) is 0 Å². The fourth-order valence-electron chi connectivity index (χ4n) is 2.04. The molecular weight excluding hydrogens is 240 g/mol. The van der Waals surface area contributed by atoms with Crippen molar-refractivity contribution in [1.82, 2.24) is 20.1 Å². The zero-order valence-corrected chi connectivity index (χ0v) is 11.9. The standard InChI is InChI=1S/C14H22N4O/c1-4-13-16-14(5-2)18(17-13)9-8-15-11(3)12-7-6-10-19-12/h6-7,10-11,15H,4-5,8-9H2,1-3H3. The minimum absolute atomic E-state index is 0.217. The Morgan fingerprint density at radius 3 is 2.84 bits per heavy atom. The molecule has 0 saturated carbocycles. The Morgan fingerprint density at radius 2 is 2.21 bits per heavy atom. The van der Waals surface area contributed by atoms with Crippen LogP contribution >= 0.6 is 0 Å². The molecule has 0 aromatic carbocycles. The normalized spacial score (nSPS) is 12.8. The van der Waals surface area contributed by atoms with Gasteiger partial charge in [-0.05, 0) is 19.1 Å². The van der Waals surface area contributed by atoms with Crippen LogP contribution in [0.5, 0.6) is 0 Å². The van der Waals surface area contributed by atoms with Crippen molar-refractivity contribution in [2.75, 3.05) is 6.54 Å². The summed E-state index contributed by atoms with van der Waals surface area (Å²) in [5, 5.41) is 7.93. The van der Waals surface area contributed by atoms with E-state index in [1.54, 1.807) is 6.26 Å². The summed E-state index contributed by atoms with van der Waals surface area (Å²) in [6.07, 6.45) is 3.50. The SMILES string of the molecule is CCc1nc(CC)n(CCNC(C)c2ccco2)n1. The van der Waals surface area contributed by atoms with Gasteiger partial charge in [-0.3, -0.25) is 0 Å². The molecule has 0 saturated heterocycles. The molecular formula is C14H22N4O. The molecule has 5 nitrogen and oxygen atoms in total. The minimum Gasteiger partial charge on any atom is -0.468 e. The van der Waals surface area contributed by atoms with Gasteiger partial charge in [-0.1, -0.05) is 13.8 Å². The van der Waals surface area contributed by atoms with Crippen LogP contribution in [0, 0.1) is 0 Å². The molecule has 1 atom stereocenters. The van der Waals surface area contributed by atoms with Gasteiger partial charge in [0.1, 0.15) is 11.6 Å². The molecule has 19 heavy (non-hydrogen) atoms. The van der Waals surface area contributed by atoms with E-state index in [0.29, 0.717) is 0 Å². The van der Waals surface area contributed by atoms with Crippen LogP contribution in [0.15, 0.2) is 22.8 Å². The van der Waals surface area contributed by atoms with Crippen LogP contribution in [0.3, 0.4) is 0 Å². The number of hydrogen-bond acceptors (Lipinski definition) is 4. The van der Waals surface area contributed by atoms with Crippen LogP contribution in [-0.2, 0) is 19.4 Å². The molecule has 2 aromatic rings. The third-order valence-corrected chi connectivity index (χ3v) is 3.17. The predicted octanol–water partition coefficient (Wildman–Crippen LogP) is 2.35. The topological polar surface area (TPSA) is 55.9 Å². The molecule has 0 aliphatic heterocycles. The lowest BCUT2D eigenvalue weighted by Crippen LogP contribution is -2.24. The highest BCUT2D eigenvalue weighted by Gasteiger charge is 2.09. The highest BCUT2D eigenvalue weighted by molar-refractivity contribution is 5.02. The first kappa shape index (κ1) is 13.8. The van der Waals surface area contributed by atoms with Gasteiger partial charge in [-0.15, -0.1) is 0 Å². The van der Waals surface area contributed by atoms with Crippen molar-refractivity contribution in [1.29, 1.82) is 0 Å². The van der Waals surface area contributed by atoms with Crippen LogP contribution in [0.4, 0.5) is 0 Å². The highest BCUT2D eigenvalue weighted by atomic mass is 16.3. The van der Waals surface area contributed by atoms with E-state index in [1.807, 2.05) is 16.8 Å². The number of aryl methyl sites for hydroxylation is 2. The number of hydrogen-bond donors (Lipinski definition) is 1. The van der Waals surface area contributed by atoms with Crippen molar-refractivity contribution in [3.8, 4) is 0 Å². The molecule has 1 unspecified atom stereocenters. The van der Waals surface area contributed by atoms with Gasteiger partial charge in [-0.25, -0.2) is 9.67 Å². The maximum Gasteiger partial charge on any atom is 0.150 e. The number of furan rings is 1. The van der Waals surface area contributed by atoms with Crippen LogP contribution in [-0.4, -0.2) is 21.3 Å². The summed E-state index contributed by atoms with van der Waals surface area (Å²) in [6.45, 7) is 7.97. The van der Waals surface area contributed by atoms with E-state index < -0.39 is 0 Å². The first-order valence-electron chi connectivity index (χ1n) is 6.94. The number of aromatic nitrogens is 3. The number of rotatable bonds is 7. The Balaban J connectivity index is 1.87. The summed E-state index contributed by atoms with van der Waals surface area (Å²) in [5.74, 6) is 2.95. The summed E-state index contributed by atoms with van der Waals surface area (Å²) >= 11 is 0. The third kappa shape index (κ3) is 3.44. The average molecular weight is 262 g/mol. The van der Waals surface area contributed by atoms with Gasteiger partial charge < -0.3 is 9.73 Å². The fourth-order valence-corrected chi connectivity index (χ4v) is 2.04. The molecule has 0 radical (unpaired) electrons. The van der Waals surface area contributed by atoms with E-state index in [4.69, 9.17) is 4.42 Å². The second kappa shape index (κ2) is 6.52. The summed E-state index contributed by atoms with van der Waals surface area (Å²) in [7, 11) is 0. The molecule has 0 amide bonds. The molecule has 104 valence electrons. The van der Waals surface area contributed by atoms with E-state index in [1.165, 1.54) is 0 Å². The van der Waals surface area contributed by atoms with E-state index in [2.05, 4.69) is 36.2 Å². The number of nitrogens with zero attached hydrogens (tertiary/aromatic N) is 3. The first-order valence-corrected chi connectivity index (χ1v) is 6.94. The molecule has 1 N–H and O–H groups in total. The molecule has 5 heteroatoms. The van der Waals surface area contributed by atoms with E-state index in [9.17, 15) is 0 Å². The van der Waals surface area contributed by atoms with E-state index >= 15 is 0 Å². The van der Waals surface area contributed by atoms with Crippen LogP contribution < -0.4 is 5.32 Å². The second-order valence-electron chi connectivity index (χ2n) is 4.57. The minimum atomic E-state index is 0.217. The predicted molar refractivity (Wildman–Crippen MR) is 73.9 cm³/mol. The van der Waals surface area contributed by atoms with Gasteiger partial charge >= 0.3 is 0 Å². The lowest BCUT2D eigenvalue weighted by Gasteiger charge is -2.11. The average Bonchev–Trinajstić information content (AvgIpc) is 3.07. The quantitative estimate of drug-likeness (QED) is 0.832. The zero-order chi connectivity index (χ0) is 13.7. The highest BCUT2D eigenvalue weighted by Crippen LogP contribution is 2.11. The van der Waals surface area contributed by atoms with Gasteiger partial charge in [0.05, 0.1) is 18.8 Å². The van der Waals surface area contributed by atoms with Crippen molar-refractivity contribution < 1.29 is 4.42 Å². The second-order valence-corrected chi connectivity index (χ2v) is 4.57. The number of nitrogens with one attached hydrogen (secondary N) is 1. The Morgan fingerprint density at radius 1 is 1.37 bits per heavy atom. The van der Waals surface area contributed by atoms with E-state index in [0.717, 1.165) is 43.3 Å². The molecule has 0 fully saturated rings. The fraction of sp³-hybridized carbons (Fsp3) is 0.571. The molecule has 0 spiro atoms. The molecule has 0 aliphatic carbocycles. The summed E-state index contributed by atoms with van der Waals surface area (Å²) in [5.41, 5.74) is 0. The maximum absolute atomic E-state index is 5.37. The summed E-state index contributed by atoms with van der Waals surface area (Å²) in [6, 6.07) is 4.11. The van der Waals surface area contributed by atoms with Crippen LogP contribution in [0.25, 0.3) is 0 Å². The van der Waals surface area contributed by atoms with Gasteiger partial charge in [0, 0.05) is 19.4 Å². The van der Waals surface area contributed by atoms with Crippen molar-refractivity contribution in [3.63, 3.8) is 0 Å². The lowest BCUT2D eigenvalue weighted by molar-refractivity contribution is 0.416. The zero-order valence-electron chi connectivity index (χ0n) is 11.9.